The first-order valence-electron chi connectivity index (χ1n) is 11.1. The third-order valence-electron chi connectivity index (χ3n) is 4.99. The van der Waals surface area contributed by atoms with Gasteiger partial charge in [-0.1, -0.05) is 13.8 Å². The molecule has 1 N–H and O–H groups in total. The summed E-state index contributed by atoms with van der Waals surface area (Å²) in [5.74, 6) is -0.000861. The Morgan fingerprint density at radius 3 is 2.61 bits per heavy atom. The summed E-state index contributed by atoms with van der Waals surface area (Å²) in [6.07, 6.45) is -0.0193. The van der Waals surface area contributed by atoms with Crippen molar-refractivity contribution in [2.45, 2.75) is 51.7 Å². The van der Waals surface area contributed by atoms with E-state index < -0.39 is 18.2 Å². The number of amides is 1. The molecule has 10 heteroatoms. The average molecular weight is 482 g/mol. The van der Waals surface area contributed by atoms with Gasteiger partial charge in [-0.2, -0.15) is 0 Å². The molecule has 0 spiro atoms. The topological polar surface area (TPSA) is 89.9 Å². The Balaban J connectivity index is 2.08. The predicted molar refractivity (Wildman–Crippen MR) is 127 cm³/mol. The average Bonchev–Trinajstić information content (AvgIpc) is 2.82. The highest BCUT2D eigenvalue weighted by Crippen LogP contribution is 2.23. The Bertz CT molecular complexity index is 1010. The Kier molecular flexibility index (Phi) is 10.7. The lowest BCUT2D eigenvalue weighted by atomic mass is 10.1. The summed E-state index contributed by atoms with van der Waals surface area (Å²) in [7, 11) is 0. The fourth-order valence-electron chi connectivity index (χ4n) is 3.09. The van der Waals surface area contributed by atoms with Crippen molar-refractivity contribution in [2.75, 3.05) is 32.1 Å². The van der Waals surface area contributed by atoms with Crippen LogP contribution in [0.2, 0.25) is 0 Å². The number of carbonyl (C=O) groups excluding carboxylic acids is 2. The molecule has 1 amide bonds. The maximum atomic E-state index is 13.2. The third-order valence-corrected chi connectivity index (χ3v) is 5.96. The molecule has 1 atom stereocenters. The summed E-state index contributed by atoms with van der Waals surface area (Å²) in [5, 5.41) is 2.14. The largest absolute Gasteiger partial charge is 0.462 e. The molecular formula is C23H32FN3O5S. The van der Waals surface area contributed by atoms with Gasteiger partial charge in [0.1, 0.15) is 18.3 Å². The zero-order chi connectivity index (χ0) is 24.4. The first-order valence-corrected chi connectivity index (χ1v) is 12.1. The van der Waals surface area contributed by atoms with Crippen LogP contribution in [-0.4, -0.2) is 59.9 Å². The number of esters is 1. The minimum Gasteiger partial charge on any atom is -0.462 e. The Hall–Kier alpha value is -2.59. The van der Waals surface area contributed by atoms with Crippen molar-refractivity contribution in [3.63, 3.8) is 0 Å². The van der Waals surface area contributed by atoms with Gasteiger partial charge in [0.2, 0.25) is 5.43 Å². The van der Waals surface area contributed by atoms with Crippen LogP contribution in [0.25, 0.3) is 10.9 Å². The smallest absolute Gasteiger partial charge is 0.421 e. The second-order valence-electron chi connectivity index (χ2n) is 7.20. The van der Waals surface area contributed by atoms with Gasteiger partial charge in [0, 0.05) is 41.9 Å². The molecule has 1 aromatic heterocycles. The van der Waals surface area contributed by atoms with E-state index in [1.807, 2.05) is 30.5 Å². The summed E-state index contributed by atoms with van der Waals surface area (Å²) >= 11 is 1.52. The van der Waals surface area contributed by atoms with Crippen LogP contribution in [-0.2, 0) is 16.0 Å². The normalized spacial score (nSPS) is 12.1. The molecule has 0 aliphatic carbocycles. The van der Waals surface area contributed by atoms with Gasteiger partial charge in [-0.05, 0) is 38.5 Å². The lowest BCUT2D eigenvalue weighted by Gasteiger charge is -2.21. The van der Waals surface area contributed by atoms with Crippen molar-refractivity contribution in [1.29, 1.82) is 0 Å². The summed E-state index contributed by atoms with van der Waals surface area (Å²) in [5.41, 5.74) is 3.02. The zero-order valence-corrected chi connectivity index (χ0v) is 20.4. The van der Waals surface area contributed by atoms with E-state index in [4.69, 9.17) is 9.47 Å². The molecular weight excluding hydrogens is 449 g/mol. The standard InChI is InChI=1S/C23H32FN3O5S/c1-5-16(24)15-32-23(30)25-27(7-3)11-12-33-17-9-10-20-18(13-17)21(28)19(14-26(20)6-2)22(29)31-8-4/h9-10,13-14,16H,5-8,11-12,15H2,1-4H3,(H,25,30). The fourth-order valence-corrected chi connectivity index (χ4v) is 4.01. The van der Waals surface area contributed by atoms with Crippen LogP contribution in [0.15, 0.2) is 34.1 Å². The number of fused-ring (bicyclic) bond motifs is 1. The van der Waals surface area contributed by atoms with Gasteiger partial charge in [-0.25, -0.2) is 19.0 Å². The van der Waals surface area contributed by atoms with Crippen LogP contribution in [0.1, 0.15) is 44.5 Å². The van der Waals surface area contributed by atoms with Crippen molar-refractivity contribution in [3.8, 4) is 0 Å². The van der Waals surface area contributed by atoms with Gasteiger partial charge in [0.15, 0.2) is 0 Å². The van der Waals surface area contributed by atoms with Crippen LogP contribution in [0, 0.1) is 0 Å². The number of ether oxygens (including phenoxy) is 2. The molecule has 0 fully saturated rings. The van der Waals surface area contributed by atoms with E-state index in [-0.39, 0.29) is 30.6 Å². The zero-order valence-electron chi connectivity index (χ0n) is 19.6. The molecule has 0 aliphatic heterocycles. The van der Waals surface area contributed by atoms with Gasteiger partial charge in [-0.3, -0.25) is 10.2 Å². The van der Waals surface area contributed by atoms with Gasteiger partial charge in [0.25, 0.3) is 0 Å². The molecule has 0 aliphatic rings. The lowest BCUT2D eigenvalue weighted by molar-refractivity contribution is 0.0524. The van der Waals surface area contributed by atoms with Crippen LogP contribution in [0.3, 0.4) is 0 Å². The van der Waals surface area contributed by atoms with Crippen molar-refractivity contribution >= 4 is 34.7 Å². The van der Waals surface area contributed by atoms with E-state index >= 15 is 0 Å². The van der Waals surface area contributed by atoms with E-state index in [1.54, 1.807) is 31.1 Å². The first kappa shape index (κ1) is 26.7. The number of rotatable bonds is 12. The van der Waals surface area contributed by atoms with E-state index in [2.05, 4.69) is 5.43 Å². The second kappa shape index (κ2) is 13.2. The number of thioether (sulfide) groups is 1. The number of carbonyl (C=O) groups is 2. The van der Waals surface area contributed by atoms with Crippen molar-refractivity contribution in [1.82, 2.24) is 15.0 Å². The Labute approximate surface area is 197 Å². The van der Waals surface area contributed by atoms with Crippen LogP contribution in [0.4, 0.5) is 9.18 Å². The number of halogens is 1. The summed E-state index contributed by atoms with van der Waals surface area (Å²) in [6, 6.07) is 5.57. The quantitative estimate of drug-likeness (QED) is 0.278. The fraction of sp³-hybridized carbons (Fsp3) is 0.522. The van der Waals surface area contributed by atoms with Crippen molar-refractivity contribution in [2.24, 2.45) is 0 Å². The number of aryl methyl sites for hydroxylation is 1. The van der Waals surface area contributed by atoms with Gasteiger partial charge in [0.05, 0.1) is 12.1 Å². The first-order chi connectivity index (χ1) is 15.8. The molecule has 8 nitrogen and oxygen atoms in total. The lowest BCUT2D eigenvalue weighted by Crippen LogP contribution is -2.44. The molecule has 33 heavy (non-hydrogen) atoms. The number of hydrazine groups is 1. The number of aromatic nitrogens is 1. The van der Waals surface area contributed by atoms with Gasteiger partial charge in [-0.15, -0.1) is 11.8 Å². The summed E-state index contributed by atoms with van der Waals surface area (Å²) < 4.78 is 25.0. The second-order valence-corrected chi connectivity index (χ2v) is 8.37. The molecule has 0 saturated carbocycles. The molecule has 0 saturated heterocycles. The van der Waals surface area contributed by atoms with Gasteiger partial charge < -0.3 is 14.0 Å². The molecule has 2 rings (SSSR count). The van der Waals surface area contributed by atoms with Crippen LogP contribution >= 0.6 is 11.8 Å². The highest BCUT2D eigenvalue weighted by molar-refractivity contribution is 7.99. The Morgan fingerprint density at radius 2 is 1.97 bits per heavy atom. The monoisotopic (exact) mass is 481 g/mol. The molecule has 0 bridgehead atoms. The summed E-state index contributed by atoms with van der Waals surface area (Å²) in [4.78, 5) is 37.8. The van der Waals surface area contributed by atoms with E-state index in [0.29, 0.717) is 30.8 Å². The van der Waals surface area contributed by atoms with Crippen molar-refractivity contribution < 1.29 is 23.5 Å². The minimum absolute atomic E-state index is 0.0202. The molecule has 1 unspecified atom stereocenters. The van der Waals surface area contributed by atoms with E-state index in [9.17, 15) is 18.8 Å². The maximum Gasteiger partial charge on any atom is 0.421 e. The van der Waals surface area contributed by atoms with Crippen molar-refractivity contribution in [3.05, 3.63) is 40.2 Å². The minimum atomic E-state index is -1.17. The van der Waals surface area contributed by atoms with Crippen LogP contribution in [0.5, 0.6) is 0 Å². The van der Waals surface area contributed by atoms with Crippen LogP contribution < -0.4 is 10.9 Å². The summed E-state index contributed by atoms with van der Waals surface area (Å²) in [6.45, 7) is 8.80. The number of nitrogens with one attached hydrogen (secondary N) is 1. The number of benzene rings is 1. The predicted octanol–water partition coefficient (Wildman–Crippen LogP) is 4.00. The molecule has 1 aromatic carbocycles. The number of hydrogen-bond donors (Lipinski definition) is 1. The number of nitrogens with zero attached hydrogens (tertiary/aromatic N) is 2. The van der Waals surface area contributed by atoms with E-state index in [1.165, 1.54) is 11.8 Å². The molecule has 1 heterocycles. The molecule has 182 valence electrons. The van der Waals surface area contributed by atoms with Gasteiger partial charge >= 0.3 is 12.1 Å². The van der Waals surface area contributed by atoms with E-state index in [0.717, 1.165) is 10.4 Å². The molecule has 2 aromatic rings. The number of hydrogen-bond acceptors (Lipinski definition) is 7. The third kappa shape index (κ3) is 7.46. The SMILES string of the molecule is CCOC(=O)c1cn(CC)c2ccc(SCCN(CC)NC(=O)OCC(F)CC)cc2c1=O. The number of alkyl halides is 1. The number of pyridine rings is 1. The Morgan fingerprint density at radius 1 is 1.21 bits per heavy atom. The highest BCUT2D eigenvalue weighted by atomic mass is 32.2. The highest BCUT2D eigenvalue weighted by Gasteiger charge is 2.17. The molecule has 0 radical (unpaired) electrons. The maximum absolute atomic E-state index is 13.2.